The molecule has 1 aromatic rings. The van der Waals surface area contributed by atoms with Crippen molar-refractivity contribution >= 4 is 27.8 Å². The Balaban J connectivity index is 2.09. The first-order chi connectivity index (χ1) is 9.06. The zero-order chi connectivity index (χ0) is 13.8. The van der Waals surface area contributed by atoms with Gasteiger partial charge in [-0.3, -0.25) is 14.5 Å². The van der Waals surface area contributed by atoms with Gasteiger partial charge in [0.1, 0.15) is 6.04 Å². The van der Waals surface area contributed by atoms with Crippen LogP contribution >= 0.6 is 15.9 Å². The monoisotopic (exact) mass is 326 g/mol. The number of carbonyl (C=O) groups is 2. The number of benzene rings is 1. The molecule has 1 aliphatic heterocycles. The van der Waals surface area contributed by atoms with E-state index in [1.54, 1.807) is 0 Å². The van der Waals surface area contributed by atoms with Crippen molar-refractivity contribution in [3.63, 3.8) is 0 Å². The van der Waals surface area contributed by atoms with Gasteiger partial charge in [0, 0.05) is 24.1 Å². The Labute approximate surface area is 119 Å². The minimum Gasteiger partial charge on any atom is -0.481 e. The van der Waals surface area contributed by atoms with Crippen molar-refractivity contribution < 1.29 is 14.7 Å². The Hall–Kier alpha value is -1.40. The molecule has 5 nitrogen and oxygen atoms in total. The molecular weight excluding hydrogens is 312 g/mol. The van der Waals surface area contributed by atoms with E-state index in [4.69, 9.17) is 5.11 Å². The van der Waals surface area contributed by atoms with Crippen LogP contribution in [-0.2, 0) is 16.1 Å². The lowest BCUT2D eigenvalue weighted by molar-refractivity contribution is -0.143. The van der Waals surface area contributed by atoms with Crippen molar-refractivity contribution in [3.8, 4) is 0 Å². The summed E-state index contributed by atoms with van der Waals surface area (Å²) in [4.78, 5) is 24.5. The van der Waals surface area contributed by atoms with Crippen molar-refractivity contribution in [3.05, 3.63) is 34.3 Å². The van der Waals surface area contributed by atoms with Crippen LogP contribution in [0.5, 0.6) is 0 Å². The first kappa shape index (κ1) is 14.0. The van der Waals surface area contributed by atoms with Gasteiger partial charge in [-0.15, -0.1) is 0 Å². The number of hydrogen-bond acceptors (Lipinski definition) is 3. The van der Waals surface area contributed by atoms with E-state index in [-0.39, 0.29) is 12.3 Å². The molecule has 2 rings (SSSR count). The molecule has 2 N–H and O–H groups in total. The van der Waals surface area contributed by atoms with E-state index in [1.165, 1.54) is 0 Å². The summed E-state index contributed by atoms with van der Waals surface area (Å²) in [5.41, 5.74) is 1.06. The van der Waals surface area contributed by atoms with Gasteiger partial charge in [0.2, 0.25) is 5.91 Å². The number of nitrogens with zero attached hydrogens (tertiary/aromatic N) is 1. The van der Waals surface area contributed by atoms with E-state index >= 15 is 0 Å². The Morgan fingerprint density at radius 3 is 2.74 bits per heavy atom. The summed E-state index contributed by atoms with van der Waals surface area (Å²) in [5, 5.41) is 11.6. The highest BCUT2D eigenvalue weighted by molar-refractivity contribution is 9.10. The maximum atomic E-state index is 11.8. The summed E-state index contributed by atoms with van der Waals surface area (Å²) < 4.78 is 0.995. The van der Waals surface area contributed by atoms with Crippen molar-refractivity contribution in [2.24, 2.45) is 0 Å². The molecule has 1 amide bonds. The van der Waals surface area contributed by atoms with Crippen LogP contribution in [0, 0.1) is 0 Å². The number of piperazine rings is 1. The largest absolute Gasteiger partial charge is 0.481 e. The normalized spacial score (nSPS) is 20.1. The van der Waals surface area contributed by atoms with Gasteiger partial charge in [-0.1, -0.05) is 28.1 Å². The SMILES string of the molecule is O=C(O)CC1C(=O)NCCN1Cc1ccc(Br)cc1. The minimum absolute atomic E-state index is 0.164. The molecule has 0 bridgehead atoms. The summed E-state index contributed by atoms with van der Waals surface area (Å²) in [6, 6.07) is 7.22. The van der Waals surface area contributed by atoms with Gasteiger partial charge < -0.3 is 10.4 Å². The fourth-order valence-electron chi connectivity index (χ4n) is 2.16. The van der Waals surface area contributed by atoms with Crippen molar-refractivity contribution in [1.29, 1.82) is 0 Å². The molecule has 1 saturated heterocycles. The Morgan fingerprint density at radius 2 is 2.11 bits per heavy atom. The molecule has 0 aliphatic carbocycles. The van der Waals surface area contributed by atoms with E-state index in [2.05, 4.69) is 21.2 Å². The number of nitrogens with one attached hydrogen (secondary N) is 1. The van der Waals surface area contributed by atoms with Crippen LogP contribution in [0.15, 0.2) is 28.7 Å². The Bertz CT molecular complexity index is 475. The van der Waals surface area contributed by atoms with E-state index < -0.39 is 12.0 Å². The number of carboxylic acid groups (broad SMARTS) is 1. The average molecular weight is 327 g/mol. The molecule has 1 aromatic carbocycles. The smallest absolute Gasteiger partial charge is 0.305 e. The Morgan fingerprint density at radius 1 is 1.42 bits per heavy atom. The summed E-state index contributed by atoms with van der Waals surface area (Å²) in [6.45, 7) is 1.81. The van der Waals surface area contributed by atoms with E-state index in [0.29, 0.717) is 19.6 Å². The molecule has 102 valence electrons. The molecule has 0 radical (unpaired) electrons. The zero-order valence-electron chi connectivity index (χ0n) is 10.3. The second-order valence-electron chi connectivity index (χ2n) is 4.50. The van der Waals surface area contributed by atoms with Gasteiger partial charge in [0.15, 0.2) is 0 Å². The fourth-order valence-corrected chi connectivity index (χ4v) is 2.43. The van der Waals surface area contributed by atoms with Crippen LogP contribution in [-0.4, -0.2) is 41.0 Å². The summed E-state index contributed by atoms with van der Waals surface area (Å²) >= 11 is 3.37. The quantitative estimate of drug-likeness (QED) is 0.873. The highest BCUT2D eigenvalue weighted by atomic mass is 79.9. The number of halogens is 1. The molecule has 19 heavy (non-hydrogen) atoms. The molecule has 0 saturated carbocycles. The third-order valence-corrected chi connectivity index (χ3v) is 3.64. The minimum atomic E-state index is -0.956. The molecule has 0 spiro atoms. The lowest BCUT2D eigenvalue weighted by Crippen LogP contribution is -2.55. The highest BCUT2D eigenvalue weighted by Gasteiger charge is 2.31. The van der Waals surface area contributed by atoms with Gasteiger partial charge in [-0.05, 0) is 17.7 Å². The van der Waals surface area contributed by atoms with E-state index in [0.717, 1.165) is 10.0 Å². The summed E-state index contributed by atoms with van der Waals surface area (Å²) in [7, 11) is 0. The summed E-state index contributed by atoms with van der Waals surface area (Å²) in [5.74, 6) is -1.16. The second-order valence-corrected chi connectivity index (χ2v) is 5.42. The molecule has 1 fully saturated rings. The molecule has 0 aromatic heterocycles. The van der Waals surface area contributed by atoms with Gasteiger partial charge in [0.05, 0.1) is 6.42 Å². The maximum Gasteiger partial charge on any atom is 0.305 e. The van der Waals surface area contributed by atoms with Gasteiger partial charge in [-0.2, -0.15) is 0 Å². The zero-order valence-corrected chi connectivity index (χ0v) is 11.9. The van der Waals surface area contributed by atoms with Gasteiger partial charge >= 0.3 is 5.97 Å². The fraction of sp³-hybridized carbons (Fsp3) is 0.385. The van der Waals surface area contributed by atoms with Crippen LogP contribution in [0.25, 0.3) is 0 Å². The molecule has 1 atom stereocenters. The number of rotatable bonds is 4. The lowest BCUT2D eigenvalue weighted by atomic mass is 10.1. The predicted octanol–water partition coefficient (Wildman–Crippen LogP) is 1.22. The van der Waals surface area contributed by atoms with Crippen LogP contribution in [0.2, 0.25) is 0 Å². The van der Waals surface area contributed by atoms with Crippen LogP contribution < -0.4 is 5.32 Å². The Kier molecular flexibility index (Phi) is 4.55. The predicted molar refractivity (Wildman–Crippen MR) is 73.6 cm³/mol. The van der Waals surface area contributed by atoms with Crippen LogP contribution in [0.4, 0.5) is 0 Å². The number of carbonyl (C=O) groups excluding carboxylic acids is 1. The molecule has 1 aliphatic rings. The van der Waals surface area contributed by atoms with Crippen molar-refractivity contribution in [2.75, 3.05) is 13.1 Å². The maximum absolute atomic E-state index is 11.8. The second kappa shape index (κ2) is 6.16. The third kappa shape index (κ3) is 3.78. The molecule has 6 heteroatoms. The van der Waals surface area contributed by atoms with Gasteiger partial charge in [0.25, 0.3) is 0 Å². The van der Waals surface area contributed by atoms with E-state index in [9.17, 15) is 9.59 Å². The number of aliphatic carboxylic acids is 1. The lowest BCUT2D eigenvalue weighted by Gasteiger charge is -2.34. The number of hydrogen-bond donors (Lipinski definition) is 2. The first-order valence-corrected chi connectivity index (χ1v) is 6.83. The van der Waals surface area contributed by atoms with Crippen molar-refractivity contribution in [1.82, 2.24) is 10.2 Å². The standard InChI is InChI=1S/C13H15BrN2O3/c14-10-3-1-9(2-4-10)8-16-6-5-15-13(19)11(16)7-12(17)18/h1-4,11H,5-8H2,(H,15,19)(H,17,18). The van der Waals surface area contributed by atoms with E-state index in [1.807, 2.05) is 29.2 Å². The highest BCUT2D eigenvalue weighted by Crippen LogP contribution is 2.16. The third-order valence-electron chi connectivity index (χ3n) is 3.11. The van der Waals surface area contributed by atoms with Crippen molar-refractivity contribution in [2.45, 2.75) is 19.0 Å². The average Bonchev–Trinajstić information content (AvgIpc) is 2.36. The van der Waals surface area contributed by atoms with Crippen LogP contribution in [0.3, 0.4) is 0 Å². The number of carboxylic acids is 1. The molecule has 1 heterocycles. The first-order valence-electron chi connectivity index (χ1n) is 6.04. The molecular formula is C13H15BrN2O3. The topological polar surface area (TPSA) is 69.6 Å². The number of amides is 1. The molecule has 1 unspecified atom stereocenters. The van der Waals surface area contributed by atoms with Gasteiger partial charge in [-0.25, -0.2) is 0 Å². The van der Waals surface area contributed by atoms with Crippen LogP contribution in [0.1, 0.15) is 12.0 Å². The summed E-state index contributed by atoms with van der Waals surface area (Å²) in [6.07, 6.45) is -0.164.